The first kappa shape index (κ1) is 33.0. The lowest BCUT2D eigenvalue weighted by atomic mass is 9.81. The summed E-state index contributed by atoms with van der Waals surface area (Å²) in [5.41, 5.74) is 11.2. The van der Waals surface area contributed by atoms with Crippen LogP contribution in [0, 0.1) is 11.6 Å². The Balaban J connectivity index is 1.23. The largest absolute Gasteiger partial charge is 0.340 e. The van der Waals surface area contributed by atoms with Gasteiger partial charge in [0.25, 0.3) is 0 Å². The van der Waals surface area contributed by atoms with Crippen LogP contribution in [0.3, 0.4) is 0 Å². The van der Waals surface area contributed by atoms with Gasteiger partial charge in [0.1, 0.15) is 11.6 Å². The first-order valence-corrected chi connectivity index (χ1v) is 17.5. The summed E-state index contributed by atoms with van der Waals surface area (Å²) in [4.78, 5) is 2.35. The van der Waals surface area contributed by atoms with Gasteiger partial charge in [-0.25, -0.2) is 8.78 Å². The molecule has 0 atom stereocenters. The Kier molecular flexibility index (Phi) is 8.79. The van der Waals surface area contributed by atoms with Crippen molar-refractivity contribution < 1.29 is 13.4 Å². The SMILES string of the molecule is CC1(C)C(/C=C/C2=C(Cl)C(=C\C=C3\N(Cc4ccc(F)cc4)c4ccccc4C3(C)C)/CCC2)=[N+](Cc2ccc(F)cc2)c2ccccc21. The molecule has 7 rings (SSSR count). The summed E-state index contributed by atoms with van der Waals surface area (Å²) in [5, 5.41) is 0.816. The maximum atomic E-state index is 13.7. The Bertz CT molecular complexity index is 2060. The molecular formula is C44H42ClF2N2+. The van der Waals surface area contributed by atoms with Crippen molar-refractivity contribution in [3.8, 4) is 0 Å². The van der Waals surface area contributed by atoms with E-state index in [1.165, 1.54) is 58.2 Å². The van der Waals surface area contributed by atoms with Crippen LogP contribution in [0.5, 0.6) is 0 Å². The third-order valence-electron chi connectivity index (χ3n) is 10.4. The Hall–Kier alpha value is -4.54. The number of benzene rings is 4. The maximum absolute atomic E-state index is 13.7. The standard InChI is InChI=1S/C44H42ClF2N2/c1-43(2)36-12-5-7-14-38(36)48(28-30-16-22-34(46)23-17-30)40(43)26-20-32-10-9-11-33(42(32)45)21-27-41-44(3,4)37-13-6-8-15-39(37)49(41)29-31-18-24-35(47)25-19-31/h5-8,12-27H,9-11,28-29H2,1-4H3/q+1. The molecule has 0 aromatic heterocycles. The fourth-order valence-corrected chi connectivity index (χ4v) is 8.05. The summed E-state index contributed by atoms with van der Waals surface area (Å²) >= 11 is 7.23. The minimum absolute atomic E-state index is 0.213. The van der Waals surface area contributed by atoms with E-state index in [1.54, 1.807) is 0 Å². The fraction of sp³-hybridized carbons (Fsp3) is 0.250. The van der Waals surface area contributed by atoms with Gasteiger partial charge in [-0.2, -0.15) is 4.58 Å². The highest BCUT2D eigenvalue weighted by atomic mass is 35.5. The number of allylic oxidation sites excluding steroid dienone is 8. The van der Waals surface area contributed by atoms with Gasteiger partial charge < -0.3 is 4.90 Å². The summed E-state index contributed by atoms with van der Waals surface area (Å²) in [6.45, 7) is 10.4. The van der Waals surface area contributed by atoms with E-state index >= 15 is 0 Å². The minimum atomic E-state index is -0.227. The second-order valence-corrected chi connectivity index (χ2v) is 14.7. The lowest BCUT2D eigenvalue weighted by molar-refractivity contribution is -0.455. The number of nitrogens with zero attached hydrogens (tertiary/aromatic N) is 2. The lowest BCUT2D eigenvalue weighted by Crippen LogP contribution is -2.27. The quantitative estimate of drug-likeness (QED) is 0.177. The highest BCUT2D eigenvalue weighted by molar-refractivity contribution is 6.32. The van der Waals surface area contributed by atoms with Crippen LogP contribution in [0.15, 0.2) is 143 Å². The molecule has 4 aromatic rings. The third kappa shape index (κ3) is 6.24. The van der Waals surface area contributed by atoms with E-state index in [0.29, 0.717) is 13.1 Å². The molecule has 0 saturated heterocycles. The predicted octanol–water partition coefficient (Wildman–Crippen LogP) is 11.6. The Morgan fingerprint density at radius 1 is 0.714 bits per heavy atom. The number of hydrogen-bond acceptors (Lipinski definition) is 1. The molecule has 1 aliphatic carbocycles. The van der Waals surface area contributed by atoms with Gasteiger partial charge in [0, 0.05) is 51.6 Å². The van der Waals surface area contributed by atoms with E-state index in [2.05, 4.69) is 110 Å². The van der Waals surface area contributed by atoms with E-state index in [4.69, 9.17) is 11.6 Å². The van der Waals surface area contributed by atoms with Gasteiger partial charge in [0.15, 0.2) is 12.3 Å². The van der Waals surface area contributed by atoms with Gasteiger partial charge >= 0.3 is 0 Å². The molecule has 0 spiro atoms. The minimum Gasteiger partial charge on any atom is -0.340 e. The second kappa shape index (κ2) is 13.1. The molecule has 0 saturated carbocycles. The van der Waals surface area contributed by atoms with Gasteiger partial charge in [-0.1, -0.05) is 86.1 Å². The van der Waals surface area contributed by atoms with Crippen molar-refractivity contribution in [2.24, 2.45) is 0 Å². The molecule has 2 nitrogen and oxygen atoms in total. The number of hydrogen-bond donors (Lipinski definition) is 0. The van der Waals surface area contributed by atoms with Crippen molar-refractivity contribution >= 4 is 28.7 Å². The topological polar surface area (TPSA) is 6.25 Å². The van der Waals surface area contributed by atoms with Crippen molar-refractivity contribution in [2.75, 3.05) is 4.90 Å². The normalized spacial score (nSPS) is 19.8. The zero-order chi connectivity index (χ0) is 34.3. The van der Waals surface area contributed by atoms with Crippen LogP contribution >= 0.6 is 11.6 Å². The second-order valence-electron chi connectivity index (χ2n) is 14.4. The average molecular weight is 672 g/mol. The monoisotopic (exact) mass is 671 g/mol. The van der Waals surface area contributed by atoms with Crippen LogP contribution in [0.4, 0.5) is 20.2 Å². The first-order valence-electron chi connectivity index (χ1n) is 17.1. The van der Waals surface area contributed by atoms with Gasteiger partial charge in [-0.3, -0.25) is 0 Å². The summed E-state index contributed by atoms with van der Waals surface area (Å²) < 4.78 is 29.8. The highest BCUT2D eigenvalue weighted by Crippen LogP contribution is 2.48. The molecule has 2 aliphatic heterocycles. The average Bonchev–Trinajstić information content (AvgIpc) is 3.44. The van der Waals surface area contributed by atoms with Gasteiger partial charge in [-0.15, -0.1) is 0 Å². The predicted molar refractivity (Wildman–Crippen MR) is 199 cm³/mol. The highest BCUT2D eigenvalue weighted by Gasteiger charge is 2.44. The lowest BCUT2D eigenvalue weighted by Gasteiger charge is -2.27. The van der Waals surface area contributed by atoms with E-state index in [0.717, 1.165) is 46.6 Å². The number of para-hydroxylation sites is 2. The smallest absolute Gasteiger partial charge is 0.210 e. The van der Waals surface area contributed by atoms with Crippen LogP contribution < -0.4 is 4.90 Å². The summed E-state index contributed by atoms with van der Waals surface area (Å²) in [5.74, 6) is -0.454. The van der Waals surface area contributed by atoms with E-state index in [-0.39, 0.29) is 22.5 Å². The molecule has 2 heterocycles. The number of anilines is 1. The fourth-order valence-electron chi connectivity index (χ4n) is 7.73. The van der Waals surface area contributed by atoms with Crippen molar-refractivity contribution in [1.82, 2.24) is 0 Å². The van der Waals surface area contributed by atoms with E-state index in [1.807, 2.05) is 24.3 Å². The molecule has 248 valence electrons. The van der Waals surface area contributed by atoms with Crippen molar-refractivity contribution in [1.29, 1.82) is 0 Å². The zero-order valence-electron chi connectivity index (χ0n) is 28.6. The van der Waals surface area contributed by atoms with Gasteiger partial charge in [-0.05, 0) is 104 Å². The van der Waals surface area contributed by atoms with Crippen LogP contribution in [0.1, 0.15) is 69.2 Å². The number of rotatable bonds is 7. The van der Waals surface area contributed by atoms with E-state index < -0.39 is 0 Å². The van der Waals surface area contributed by atoms with Crippen molar-refractivity contribution in [3.05, 3.63) is 177 Å². The molecule has 0 fully saturated rings. The van der Waals surface area contributed by atoms with Gasteiger partial charge in [0.05, 0.1) is 5.41 Å². The molecule has 0 amide bonds. The molecule has 4 aromatic carbocycles. The van der Waals surface area contributed by atoms with E-state index in [9.17, 15) is 8.78 Å². The summed E-state index contributed by atoms with van der Waals surface area (Å²) in [6.07, 6.45) is 11.7. The molecule has 0 N–H and O–H groups in total. The van der Waals surface area contributed by atoms with Crippen LogP contribution in [-0.2, 0) is 23.9 Å². The van der Waals surface area contributed by atoms with Crippen molar-refractivity contribution in [2.45, 2.75) is 70.9 Å². The summed E-state index contributed by atoms with van der Waals surface area (Å²) in [7, 11) is 0. The molecule has 0 radical (unpaired) electrons. The molecule has 3 aliphatic rings. The Morgan fingerprint density at radius 3 is 2.06 bits per heavy atom. The Morgan fingerprint density at radius 2 is 1.35 bits per heavy atom. The number of fused-ring (bicyclic) bond motifs is 2. The van der Waals surface area contributed by atoms with Crippen LogP contribution in [0.2, 0.25) is 0 Å². The maximum Gasteiger partial charge on any atom is 0.210 e. The van der Waals surface area contributed by atoms with Crippen LogP contribution in [-0.4, -0.2) is 10.3 Å². The molecule has 5 heteroatoms. The van der Waals surface area contributed by atoms with Crippen LogP contribution in [0.25, 0.3) is 0 Å². The van der Waals surface area contributed by atoms with Gasteiger partial charge in [0.2, 0.25) is 5.69 Å². The molecule has 0 bridgehead atoms. The zero-order valence-corrected chi connectivity index (χ0v) is 29.4. The molecule has 0 unspecified atom stereocenters. The first-order chi connectivity index (χ1) is 23.5. The number of halogens is 3. The van der Waals surface area contributed by atoms with Crippen molar-refractivity contribution in [3.63, 3.8) is 0 Å². The third-order valence-corrected chi connectivity index (χ3v) is 10.9. The Labute approximate surface area is 294 Å². The molecular weight excluding hydrogens is 630 g/mol. The molecule has 49 heavy (non-hydrogen) atoms. The summed E-state index contributed by atoms with van der Waals surface area (Å²) in [6, 6.07) is 30.7.